The average molecular weight is 289 g/mol. The fraction of sp³-hybridized carbons (Fsp3) is 0.600. The molecule has 1 aromatic rings. The van der Waals surface area contributed by atoms with Crippen LogP contribution in [0.4, 0.5) is 13.2 Å². The van der Waals surface area contributed by atoms with Crippen molar-refractivity contribution in [3.63, 3.8) is 0 Å². The molecule has 2 atom stereocenters. The predicted octanol–water partition coefficient (Wildman–Crippen LogP) is 4.08. The molecule has 0 aliphatic rings. The first-order chi connectivity index (χ1) is 9.09. The van der Waals surface area contributed by atoms with E-state index in [4.69, 9.17) is 4.74 Å². The van der Waals surface area contributed by atoms with Gasteiger partial charge in [-0.05, 0) is 33.3 Å². The summed E-state index contributed by atoms with van der Waals surface area (Å²) in [6, 6.07) is 8.96. The minimum Gasteiger partial charge on any atom is -0.360 e. The van der Waals surface area contributed by atoms with Crippen LogP contribution in [0.1, 0.15) is 39.4 Å². The van der Waals surface area contributed by atoms with Gasteiger partial charge in [-0.1, -0.05) is 30.3 Å². The molecule has 0 saturated carbocycles. The summed E-state index contributed by atoms with van der Waals surface area (Å²) in [5, 5.41) is 3.18. The van der Waals surface area contributed by atoms with Crippen molar-refractivity contribution in [1.82, 2.24) is 5.32 Å². The van der Waals surface area contributed by atoms with E-state index < -0.39 is 18.4 Å². The van der Waals surface area contributed by atoms with Crippen molar-refractivity contribution >= 4 is 0 Å². The Balaban J connectivity index is 2.80. The minimum absolute atomic E-state index is 0.183. The molecule has 0 bridgehead atoms. The normalized spacial score (nSPS) is 15.9. The third-order valence-electron chi connectivity index (χ3n) is 2.82. The summed E-state index contributed by atoms with van der Waals surface area (Å²) < 4.78 is 43.2. The van der Waals surface area contributed by atoms with Crippen molar-refractivity contribution < 1.29 is 17.9 Å². The van der Waals surface area contributed by atoms with E-state index in [9.17, 15) is 13.2 Å². The topological polar surface area (TPSA) is 21.3 Å². The average Bonchev–Trinajstić information content (AvgIpc) is 2.33. The van der Waals surface area contributed by atoms with Crippen LogP contribution in [0.25, 0.3) is 0 Å². The first-order valence-electron chi connectivity index (χ1n) is 6.62. The van der Waals surface area contributed by atoms with Crippen LogP contribution in [0, 0.1) is 0 Å². The van der Waals surface area contributed by atoms with Crippen LogP contribution in [0.5, 0.6) is 0 Å². The van der Waals surface area contributed by atoms with Crippen molar-refractivity contribution in [1.29, 1.82) is 0 Å². The van der Waals surface area contributed by atoms with Gasteiger partial charge in [-0.3, -0.25) is 0 Å². The minimum atomic E-state index is -4.35. The molecule has 20 heavy (non-hydrogen) atoms. The van der Waals surface area contributed by atoms with Crippen molar-refractivity contribution in [2.45, 2.75) is 51.6 Å². The molecule has 0 spiro atoms. The van der Waals surface area contributed by atoms with Crippen LogP contribution in [0.15, 0.2) is 30.3 Å². The largest absolute Gasteiger partial charge is 0.414 e. The van der Waals surface area contributed by atoms with Crippen molar-refractivity contribution in [2.24, 2.45) is 0 Å². The fourth-order valence-corrected chi connectivity index (χ4v) is 1.63. The third-order valence-corrected chi connectivity index (χ3v) is 2.82. The van der Waals surface area contributed by atoms with Crippen molar-refractivity contribution in [2.75, 3.05) is 6.54 Å². The van der Waals surface area contributed by atoms with E-state index in [1.165, 1.54) is 0 Å². The molecule has 0 aliphatic heterocycles. The van der Waals surface area contributed by atoms with Gasteiger partial charge in [0.2, 0.25) is 0 Å². The molecule has 1 N–H and O–H groups in total. The van der Waals surface area contributed by atoms with E-state index in [1.54, 1.807) is 24.3 Å². The molecule has 0 aromatic heterocycles. The van der Waals surface area contributed by atoms with Gasteiger partial charge in [-0.25, -0.2) is 0 Å². The Morgan fingerprint density at radius 2 is 1.65 bits per heavy atom. The van der Waals surface area contributed by atoms with Gasteiger partial charge < -0.3 is 10.1 Å². The van der Waals surface area contributed by atoms with Crippen molar-refractivity contribution in [3.8, 4) is 0 Å². The van der Waals surface area contributed by atoms with Gasteiger partial charge in [0.05, 0.1) is 6.10 Å². The number of hydrogen-bond acceptors (Lipinski definition) is 2. The Labute approximate surface area is 118 Å². The van der Waals surface area contributed by atoms with E-state index >= 15 is 0 Å². The molecule has 2 unspecified atom stereocenters. The Morgan fingerprint density at radius 3 is 2.10 bits per heavy atom. The molecular formula is C15H22F3NO. The molecule has 0 aliphatic carbocycles. The Hall–Kier alpha value is -1.07. The zero-order valence-electron chi connectivity index (χ0n) is 12.3. The Morgan fingerprint density at radius 1 is 1.10 bits per heavy atom. The monoisotopic (exact) mass is 289 g/mol. The maximum atomic E-state index is 12.7. The first kappa shape index (κ1) is 17.0. The van der Waals surface area contributed by atoms with Crippen LogP contribution in [-0.2, 0) is 4.74 Å². The second-order valence-electron chi connectivity index (χ2n) is 5.85. The molecule has 1 aromatic carbocycles. The molecule has 114 valence electrons. The molecule has 0 saturated heterocycles. The number of rotatable bonds is 5. The van der Waals surface area contributed by atoms with E-state index in [1.807, 2.05) is 26.8 Å². The van der Waals surface area contributed by atoms with Gasteiger partial charge >= 0.3 is 6.18 Å². The highest BCUT2D eigenvalue weighted by Gasteiger charge is 2.38. The van der Waals surface area contributed by atoms with Crippen LogP contribution in [0.2, 0.25) is 0 Å². The second kappa shape index (κ2) is 6.59. The number of halogens is 3. The summed E-state index contributed by atoms with van der Waals surface area (Å²) >= 11 is 0. The van der Waals surface area contributed by atoms with E-state index in [0.29, 0.717) is 6.54 Å². The summed E-state index contributed by atoms with van der Waals surface area (Å²) in [4.78, 5) is 0. The number of ether oxygens (including phenoxy) is 1. The van der Waals surface area contributed by atoms with Crippen LogP contribution >= 0.6 is 0 Å². The summed E-state index contributed by atoms with van der Waals surface area (Å²) in [5.74, 6) is 0. The second-order valence-corrected chi connectivity index (χ2v) is 5.85. The highest BCUT2D eigenvalue weighted by atomic mass is 19.4. The number of hydrogen-bond donors (Lipinski definition) is 1. The summed E-state index contributed by atoms with van der Waals surface area (Å²) in [6.07, 6.45) is -6.78. The SMILES string of the molecule is CC(OC(CNC(C)(C)C)c1ccccc1)C(F)(F)F. The molecule has 0 heterocycles. The van der Waals surface area contributed by atoms with Gasteiger partial charge in [0, 0.05) is 12.1 Å². The summed E-state index contributed by atoms with van der Waals surface area (Å²) in [6.45, 7) is 7.24. The maximum Gasteiger partial charge on any atom is 0.414 e. The Kier molecular flexibility index (Phi) is 5.59. The highest BCUT2D eigenvalue weighted by molar-refractivity contribution is 5.18. The van der Waals surface area contributed by atoms with Gasteiger partial charge in [0.15, 0.2) is 6.10 Å². The predicted molar refractivity (Wildman–Crippen MR) is 73.5 cm³/mol. The molecule has 5 heteroatoms. The van der Waals surface area contributed by atoms with E-state index in [-0.39, 0.29) is 5.54 Å². The lowest BCUT2D eigenvalue weighted by molar-refractivity contribution is -0.227. The molecule has 0 fully saturated rings. The van der Waals surface area contributed by atoms with E-state index in [0.717, 1.165) is 12.5 Å². The summed E-state index contributed by atoms with van der Waals surface area (Å²) in [7, 11) is 0. The summed E-state index contributed by atoms with van der Waals surface area (Å²) in [5.41, 5.74) is 0.554. The molecule has 0 radical (unpaired) electrons. The molecule has 0 amide bonds. The van der Waals surface area contributed by atoms with Crippen LogP contribution in [-0.4, -0.2) is 24.4 Å². The first-order valence-corrected chi connectivity index (χ1v) is 6.62. The lowest BCUT2D eigenvalue weighted by atomic mass is 10.1. The number of nitrogens with one attached hydrogen (secondary N) is 1. The molecule has 2 nitrogen and oxygen atoms in total. The van der Waals surface area contributed by atoms with Gasteiger partial charge in [-0.2, -0.15) is 13.2 Å². The van der Waals surface area contributed by atoms with Crippen molar-refractivity contribution in [3.05, 3.63) is 35.9 Å². The molecular weight excluding hydrogens is 267 g/mol. The number of alkyl halides is 3. The van der Waals surface area contributed by atoms with Gasteiger partial charge in [-0.15, -0.1) is 0 Å². The Bertz CT molecular complexity index is 398. The highest BCUT2D eigenvalue weighted by Crippen LogP contribution is 2.28. The standard InChI is InChI=1S/C15H22F3NO/c1-11(15(16,17)18)20-13(10-19-14(2,3)4)12-8-6-5-7-9-12/h5-9,11,13,19H,10H2,1-4H3. The zero-order chi connectivity index (χ0) is 15.4. The fourth-order valence-electron chi connectivity index (χ4n) is 1.63. The van der Waals surface area contributed by atoms with Crippen LogP contribution < -0.4 is 5.32 Å². The van der Waals surface area contributed by atoms with Gasteiger partial charge in [0.1, 0.15) is 0 Å². The lowest BCUT2D eigenvalue weighted by Gasteiger charge is -2.28. The molecule has 1 rings (SSSR count). The number of benzene rings is 1. The third kappa shape index (κ3) is 5.92. The van der Waals surface area contributed by atoms with Crippen LogP contribution in [0.3, 0.4) is 0 Å². The lowest BCUT2D eigenvalue weighted by Crippen LogP contribution is -2.41. The maximum absolute atomic E-state index is 12.7. The quantitative estimate of drug-likeness (QED) is 0.881. The van der Waals surface area contributed by atoms with E-state index in [2.05, 4.69) is 5.32 Å². The smallest absolute Gasteiger partial charge is 0.360 e. The van der Waals surface area contributed by atoms with Gasteiger partial charge in [0.25, 0.3) is 0 Å². The zero-order valence-corrected chi connectivity index (χ0v) is 12.3.